The Morgan fingerprint density at radius 1 is 1.21 bits per heavy atom. The van der Waals surface area contributed by atoms with Crippen molar-refractivity contribution in [2.75, 3.05) is 13.7 Å². The molecule has 0 spiro atoms. The third-order valence-electron chi connectivity index (χ3n) is 4.10. The van der Waals surface area contributed by atoms with Gasteiger partial charge in [0.1, 0.15) is 23.2 Å². The lowest BCUT2D eigenvalue weighted by Gasteiger charge is -2.15. The highest BCUT2D eigenvalue weighted by molar-refractivity contribution is 7.13. The van der Waals surface area contributed by atoms with Gasteiger partial charge in [0.05, 0.1) is 5.69 Å². The number of likely N-dealkylation sites (N-methyl/N-ethyl adjacent to an activating group) is 1. The Kier molecular flexibility index (Phi) is 6.92. The molecule has 29 heavy (non-hydrogen) atoms. The van der Waals surface area contributed by atoms with Crippen LogP contribution in [0.1, 0.15) is 11.3 Å². The molecule has 0 radical (unpaired) electrons. The summed E-state index contributed by atoms with van der Waals surface area (Å²) in [5.74, 6) is 0.370. The lowest BCUT2D eigenvalue weighted by atomic mass is 10.2. The van der Waals surface area contributed by atoms with Crippen molar-refractivity contribution in [1.82, 2.24) is 9.88 Å². The lowest BCUT2D eigenvalue weighted by Crippen LogP contribution is -2.24. The summed E-state index contributed by atoms with van der Waals surface area (Å²) < 4.78 is 18.5. The monoisotopic (exact) mass is 408 g/mol. The van der Waals surface area contributed by atoms with E-state index in [-0.39, 0.29) is 11.7 Å². The maximum Gasteiger partial charge on any atom is 0.246 e. The Balaban J connectivity index is 1.57. The quantitative estimate of drug-likeness (QED) is 0.381. The van der Waals surface area contributed by atoms with Gasteiger partial charge in [0.15, 0.2) is 0 Å². The van der Waals surface area contributed by atoms with Crippen LogP contribution in [0.15, 0.2) is 72.6 Å². The van der Waals surface area contributed by atoms with Crippen LogP contribution in [-0.4, -0.2) is 29.4 Å². The van der Waals surface area contributed by atoms with Crippen LogP contribution in [0.3, 0.4) is 0 Å². The van der Waals surface area contributed by atoms with Gasteiger partial charge in [-0.15, -0.1) is 11.3 Å². The van der Waals surface area contributed by atoms with E-state index in [1.807, 2.05) is 29.6 Å². The van der Waals surface area contributed by atoms with Crippen LogP contribution in [0.5, 0.6) is 5.75 Å². The van der Waals surface area contributed by atoms with Gasteiger partial charge in [0, 0.05) is 30.6 Å². The van der Waals surface area contributed by atoms with E-state index >= 15 is 0 Å². The Morgan fingerprint density at radius 3 is 2.62 bits per heavy atom. The minimum atomic E-state index is -0.280. The number of nitrogens with zero attached hydrogens (tertiary/aromatic N) is 2. The van der Waals surface area contributed by atoms with Gasteiger partial charge in [-0.2, -0.15) is 0 Å². The summed E-state index contributed by atoms with van der Waals surface area (Å²) in [6.07, 6.45) is 4.89. The topological polar surface area (TPSA) is 42.4 Å². The number of hydrogen-bond donors (Lipinski definition) is 0. The Labute approximate surface area is 173 Å². The highest BCUT2D eigenvalue weighted by Crippen LogP contribution is 2.24. The molecule has 3 rings (SSSR count). The molecule has 0 aliphatic carbocycles. The number of halogens is 1. The molecule has 0 N–H and O–H groups in total. The Bertz CT molecular complexity index is 994. The number of benzene rings is 2. The van der Waals surface area contributed by atoms with Crippen molar-refractivity contribution in [3.05, 3.63) is 89.7 Å². The van der Waals surface area contributed by atoms with Gasteiger partial charge < -0.3 is 9.64 Å². The molecule has 0 bridgehead atoms. The molecule has 0 saturated carbocycles. The molecule has 2 aromatic carbocycles. The summed E-state index contributed by atoms with van der Waals surface area (Å²) >= 11 is 1.45. The zero-order valence-electron chi connectivity index (χ0n) is 16.0. The SMILES string of the molecule is C=CCOc1ccc(CN(C)C(=O)/C=C/c2csc(-c3ccc(F)cc3)n2)cc1. The number of carbonyl (C=O) groups is 1. The van der Waals surface area contributed by atoms with E-state index in [9.17, 15) is 9.18 Å². The van der Waals surface area contributed by atoms with Gasteiger partial charge in [-0.1, -0.05) is 24.8 Å². The molecule has 3 aromatic rings. The largest absolute Gasteiger partial charge is 0.490 e. The Morgan fingerprint density at radius 2 is 1.93 bits per heavy atom. The fourth-order valence-corrected chi connectivity index (χ4v) is 3.36. The van der Waals surface area contributed by atoms with E-state index in [1.54, 1.807) is 36.2 Å². The van der Waals surface area contributed by atoms with Gasteiger partial charge in [-0.3, -0.25) is 4.79 Å². The van der Waals surface area contributed by atoms with Crippen LogP contribution in [0, 0.1) is 5.82 Å². The molecular formula is C23H21FN2O2S. The second-order valence-electron chi connectivity index (χ2n) is 6.36. The minimum Gasteiger partial charge on any atom is -0.490 e. The van der Waals surface area contributed by atoms with Gasteiger partial charge in [-0.25, -0.2) is 9.37 Å². The summed E-state index contributed by atoms with van der Waals surface area (Å²) in [6, 6.07) is 13.8. The summed E-state index contributed by atoms with van der Waals surface area (Å²) in [6.45, 7) is 4.57. The molecule has 0 aliphatic rings. The highest BCUT2D eigenvalue weighted by atomic mass is 32.1. The van der Waals surface area contributed by atoms with E-state index in [1.165, 1.54) is 29.5 Å². The zero-order valence-corrected chi connectivity index (χ0v) is 16.9. The second-order valence-corrected chi connectivity index (χ2v) is 7.21. The number of ether oxygens (including phenoxy) is 1. The third kappa shape index (κ3) is 5.86. The van der Waals surface area contributed by atoms with E-state index in [4.69, 9.17) is 4.74 Å². The van der Waals surface area contributed by atoms with Crippen molar-refractivity contribution in [1.29, 1.82) is 0 Å². The molecule has 0 unspecified atom stereocenters. The summed E-state index contributed by atoms with van der Waals surface area (Å²) in [7, 11) is 1.75. The first kappa shape index (κ1) is 20.5. The van der Waals surface area contributed by atoms with Crippen molar-refractivity contribution in [2.45, 2.75) is 6.54 Å². The summed E-state index contributed by atoms with van der Waals surface area (Å²) in [4.78, 5) is 18.5. The fourth-order valence-electron chi connectivity index (χ4n) is 2.57. The number of thiazole rings is 1. The molecule has 0 aliphatic heterocycles. The van der Waals surface area contributed by atoms with E-state index in [2.05, 4.69) is 11.6 Å². The fraction of sp³-hybridized carbons (Fsp3) is 0.130. The molecular weight excluding hydrogens is 387 g/mol. The van der Waals surface area contributed by atoms with Crippen molar-refractivity contribution < 1.29 is 13.9 Å². The predicted octanol–water partition coefficient (Wildman–Crippen LogP) is 5.19. The van der Waals surface area contributed by atoms with Gasteiger partial charge in [-0.05, 0) is 48.0 Å². The number of rotatable bonds is 8. The van der Waals surface area contributed by atoms with Gasteiger partial charge >= 0.3 is 0 Å². The molecule has 1 heterocycles. The summed E-state index contributed by atoms with van der Waals surface area (Å²) in [5.41, 5.74) is 2.55. The molecule has 148 valence electrons. The van der Waals surface area contributed by atoms with Gasteiger partial charge in [0.25, 0.3) is 0 Å². The number of aromatic nitrogens is 1. The van der Waals surface area contributed by atoms with Crippen molar-refractivity contribution in [3.8, 4) is 16.3 Å². The van der Waals surface area contributed by atoms with Crippen LogP contribution in [0.4, 0.5) is 4.39 Å². The maximum atomic E-state index is 13.0. The van der Waals surface area contributed by atoms with Crippen LogP contribution >= 0.6 is 11.3 Å². The molecule has 0 atom stereocenters. The number of hydrogen-bond acceptors (Lipinski definition) is 4. The van der Waals surface area contributed by atoms with E-state index in [0.717, 1.165) is 21.9 Å². The van der Waals surface area contributed by atoms with Gasteiger partial charge in [0.2, 0.25) is 5.91 Å². The van der Waals surface area contributed by atoms with Crippen molar-refractivity contribution in [2.24, 2.45) is 0 Å². The Hall–Kier alpha value is -3.25. The standard InChI is InChI=1S/C23H21FN2O2S/c1-3-14-28-21-11-4-17(5-12-21)15-26(2)22(27)13-10-20-16-29-23(25-20)18-6-8-19(24)9-7-18/h3-13,16H,1,14-15H2,2H3/b13-10+. The van der Waals surface area contributed by atoms with Crippen LogP contribution in [0.25, 0.3) is 16.6 Å². The first-order valence-corrected chi connectivity index (χ1v) is 9.90. The molecule has 4 nitrogen and oxygen atoms in total. The number of carbonyl (C=O) groups excluding carboxylic acids is 1. The summed E-state index contributed by atoms with van der Waals surface area (Å²) in [5, 5.41) is 2.65. The molecule has 0 saturated heterocycles. The lowest BCUT2D eigenvalue weighted by molar-refractivity contribution is -0.125. The van der Waals surface area contributed by atoms with Crippen LogP contribution in [0.2, 0.25) is 0 Å². The molecule has 1 amide bonds. The average molecular weight is 408 g/mol. The first-order chi connectivity index (χ1) is 14.0. The zero-order chi connectivity index (χ0) is 20.6. The maximum absolute atomic E-state index is 13.0. The third-order valence-corrected chi connectivity index (χ3v) is 5.01. The van der Waals surface area contributed by atoms with Crippen molar-refractivity contribution in [3.63, 3.8) is 0 Å². The van der Waals surface area contributed by atoms with E-state index in [0.29, 0.717) is 18.8 Å². The molecule has 6 heteroatoms. The highest BCUT2D eigenvalue weighted by Gasteiger charge is 2.08. The smallest absolute Gasteiger partial charge is 0.246 e. The van der Waals surface area contributed by atoms with Crippen LogP contribution < -0.4 is 4.74 Å². The number of amides is 1. The minimum absolute atomic E-state index is 0.117. The molecule has 1 aromatic heterocycles. The van der Waals surface area contributed by atoms with Crippen molar-refractivity contribution >= 4 is 23.3 Å². The average Bonchev–Trinajstić information content (AvgIpc) is 3.21. The first-order valence-electron chi connectivity index (χ1n) is 9.02. The second kappa shape index (κ2) is 9.80. The molecule has 0 fully saturated rings. The normalized spacial score (nSPS) is 10.8. The predicted molar refractivity (Wildman–Crippen MR) is 115 cm³/mol. The van der Waals surface area contributed by atoms with E-state index < -0.39 is 0 Å². The van der Waals surface area contributed by atoms with Crippen LogP contribution in [-0.2, 0) is 11.3 Å².